The lowest BCUT2D eigenvalue weighted by Gasteiger charge is -2.11. The minimum Gasteiger partial charge on any atom is -0.308 e. The molecule has 0 amide bonds. The highest BCUT2D eigenvalue weighted by Gasteiger charge is 2.09. The first-order valence-corrected chi connectivity index (χ1v) is 7.22. The third-order valence-corrected chi connectivity index (χ3v) is 3.73. The number of hydrogen-bond donors (Lipinski definition) is 1. The summed E-state index contributed by atoms with van der Waals surface area (Å²) in [6.45, 7) is 2.89. The quantitative estimate of drug-likeness (QED) is 0.825. The Labute approximate surface area is 104 Å². The highest BCUT2D eigenvalue weighted by atomic mass is 32.2. The molecule has 0 atom stereocenters. The molecule has 1 aromatic carbocycles. The Morgan fingerprint density at radius 1 is 1.18 bits per heavy atom. The van der Waals surface area contributed by atoms with Crippen molar-refractivity contribution >= 4 is 10.0 Å². The molecular formula is C12H20N2O2S. The summed E-state index contributed by atoms with van der Waals surface area (Å²) in [5.41, 5.74) is 2.15. The van der Waals surface area contributed by atoms with Crippen LogP contribution in [0.15, 0.2) is 24.3 Å². The highest BCUT2D eigenvalue weighted by molar-refractivity contribution is 7.89. The number of sulfonamides is 1. The largest absolute Gasteiger partial charge is 0.308 e. The molecule has 1 N–H and O–H groups in total. The molecule has 0 radical (unpaired) electrons. The lowest BCUT2D eigenvalue weighted by Crippen LogP contribution is -2.31. The van der Waals surface area contributed by atoms with Gasteiger partial charge in [-0.05, 0) is 26.6 Å². The van der Waals surface area contributed by atoms with Crippen molar-refractivity contribution in [2.24, 2.45) is 0 Å². The Bertz CT molecular complexity index is 438. The molecule has 5 heteroatoms. The van der Waals surface area contributed by atoms with Crippen LogP contribution in [-0.2, 0) is 16.6 Å². The van der Waals surface area contributed by atoms with Gasteiger partial charge in [0.1, 0.15) is 0 Å². The third kappa shape index (κ3) is 5.81. The van der Waals surface area contributed by atoms with Crippen molar-refractivity contribution in [3.8, 4) is 0 Å². The molecule has 0 saturated heterocycles. The van der Waals surface area contributed by atoms with E-state index in [2.05, 4.69) is 4.72 Å². The number of rotatable bonds is 6. The Morgan fingerprint density at radius 3 is 2.29 bits per heavy atom. The van der Waals surface area contributed by atoms with Crippen LogP contribution in [0.25, 0.3) is 0 Å². The average Bonchev–Trinajstić information content (AvgIpc) is 2.26. The molecule has 1 aromatic rings. The van der Waals surface area contributed by atoms with Gasteiger partial charge in [-0.25, -0.2) is 13.1 Å². The second kappa shape index (κ2) is 6.14. The van der Waals surface area contributed by atoms with Crippen molar-refractivity contribution < 1.29 is 8.42 Å². The fraction of sp³-hybridized carbons (Fsp3) is 0.500. The molecule has 0 aliphatic heterocycles. The summed E-state index contributed by atoms with van der Waals surface area (Å²) in [4.78, 5) is 1.85. The van der Waals surface area contributed by atoms with Crippen molar-refractivity contribution in [2.75, 3.05) is 26.4 Å². The predicted octanol–water partition coefficient (Wildman–Crippen LogP) is 0.976. The zero-order chi connectivity index (χ0) is 12.9. The van der Waals surface area contributed by atoms with Gasteiger partial charge in [-0.1, -0.05) is 29.8 Å². The van der Waals surface area contributed by atoms with E-state index >= 15 is 0 Å². The molecule has 0 aliphatic carbocycles. The molecule has 0 bridgehead atoms. The molecular weight excluding hydrogens is 236 g/mol. The lowest BCUT2D eigenvalue weighted by molar-refractivity contribution is 0.431. The fourth-order valence-electron chi connectivity index (χ4n) is 1.27. The monoisotopic (exact) mass is 256 g/mol. The van der Waals surface area contributed by atoms with Crippen molar-refractivity contribution in [1.82, 2.24) is 9.62 Å². The van der Waals surface area contributed by atoms with Gasteiger partial charge in [0, 0.05) is 13.1 Å². The molecule has 0 heterocycles. The molecule has 0 fully saturated rings. The molecule has 0 spiro atoms. The standard InChI is InChI=1S/C12H20N2O2S/c1-11-4-6-12(7-5-11)10-13-17(15,16)9-8-14(2)3/h4-7,13H,8-10H2,1-3H3. The summed E-state index contributed by atoms with van der Waals surface area (Å²) < 4.78 is 25.9. The highest BCUT2D eigenvalue weighted by Crippen LogP contribution is 2.03. The van der Waals surface area contributed by atoms with Crippen molar-refractivity contribution in [3.63, 3.8) is 0 Å². The van der Waals surface area contributed by atoms with Crippen molar-refractivity contribution in [3.05, 3.63) is 35.4 Å². The molecule has 0 aliphatic rings. The van der Waals surface area contributed by atoms with Gasteiger partial charge < -0.3 is 4.90 Å². The molecule has 0 aromatic heterocycles. The van der Waals surface area contributed by atoms with E-state index in [1.807, 2.05) is 50.2 Å². The normalized spacial score (nSPS) is 12.0. The van der Waals surface area contributed by atoms with Gasteiger partial charge >= 0.3 is 0 Å². The molecule has 0 unspecified atom stereocenters. The van der Waals surface area contributed by atoms with Gasteiger partial charge in [0.15, 0.2) is 0 Å². The van der Waals surface area contributed by atoms with Crippen LogP contribution in [0.4, 0.5) is 0 Å². The van der Waals surface area contributed by atoms with Gasteiger partial charge in [0.2, 0.25) is 10.0 Å². The zero-order valence-electron chi connectivity index (χ0n) is 10.6. The molecule has 4 nitrogen and oxygen atoms in total. The first-order chi connectivity index (χ1) is 7.89. The van der Waals surface area contributed by atoms with Gasteiger partial charge in [-0.3, -0.25) is 0 Å². The fourth-order valence-corrected chi connectivity index (χ4v) is 2.41. The third-order valence-electron chi connectivity index (χ3n) is 2.42. The smallest absolute Gasteiger partial charge is 0.213 e. The molecule has 96 valence electrons. The summed E-state index contributed by atoms with van der Waals surface area (Å²) >= 11 is 0. The van der Waals surface area contributed by atoms with Crippen molar-refractivity contribution in [2.45, 2.75) is 13.5 Å². The van der Waals surface area contributed by atoms with Gasteiger partial charge in [0.25, 0.3) is 0 Å². The van der Waals surface area contributed by atoms with Gasteiger partial charge in [-0.15, -0.1) is 0 Å². The Balaban J connectivity index is 2.47. The van der Waals surface area contributed by atoms with Crippen LogP contribution >= 0.6 is 0 Å². The summed E-state index contributed by atoms with van der Waals surface area (Å²) in [5, 5.41) is 0. The zero-order valence-corrected chi connectivity index (χ0v) is 11.4. The minimum atomic E-state index is -3.18. The number of hydrogen-bond acceptors (Lipinski definition) is 3. The van der Waals surface area contributed by atoms with E-state index in [9.17, 15) is 8.42 Å². The van der Waals surface area contributed by atoms with E-state index in [0.717, 1.165) is 5.56 Å². The van der Waals surface area contributed by atoms with Crippen LogP contribution in [0.2, 0.25) is 0 Å². The Morgan fingerprint density at radius 2 is 1.76 bits per heavy atom. The first kappa shape index (κ1) is 14.2. The van der Waals surface area contributed by atoms with E-state index in [1.165, 1.54) is 5.56 Å². The van der Waals surface area contributed by atoms with Crippen LogP contribution < -0.4 is 4.72 Å². The van der Waals surface area contributed by atoms with Crippen LogP contribution in [0.1, 0.15) is 11.1 Å². The minimum absolute atomic E-state index is 0.131. The first-order valence-electron chi connectivity index (χ1n) is 5.57. The predicted molar refractivity (Wildman–Crippen MR) is 70.4 cm³/mol. The molecule has 17 heavy (non-hydrogen) atoms. The molecule has 1 rings (SSSR count). The maximum absolute atomic E-state index is 11.6. The van der Waals surface area contributed by atoms with Crippen molar-refractivity contribution in [1.29, 1.82) is 0 Å². The second-order valence-corrected chi connectivity index (χ2v) is 6.36. The molecule has 0 saturated carbocycles. The number of benzene rings is 1. The Hall–Kier alpha value is -0.910. The second-order valence-electron chi connectivity index (χ2n) is 4.43. The number of nitrogens with one attached hydrogen (secondary N) is 1. The lowest BCUT2D eigenvalue weighted by atomic mass is 10.2. The SMILES string of the molecule is Cc1ccc(CNS(=O)(=O)CCN(C)C)cc1. The topological polar surface area (TPSA) is 49.4 Å². The summed E-state index contributed by atoms with van der Waals surface area (Å²) in [5.74, 6) is 0.131. The summed E-state index contributed by atoms with van der Waals surface area (Å²) in [6, 6.07) is 7.82. The van der Waals surface area contributed by atoms with Gasteiger partial charge in [-0.2, -0.15) is 0 Å². The maximum atomic E-state index is 11.6. The maximum Gasteiger partial charge on any atom is 0.213 e. The Kier molecular flexibility index (Phi) is 5.11. The van der Waals surface area contributed by atoms with Gasteiger partial charge in [0.05, 0.1) is 5.75 Å². The van der Waals surface area contributed by atoms with E-state index in [4.69, 9.17) is 0 Å². The average molecular weight is 256 g/mol. The number of nitrogens with zero attached hydrogens (tertiary/aromatic N) is 1. The van der Waals surface area contributed by atoms with Crippen LogP contribution in [0.3, 0.4) is 0 Å². The van der Waals surface area contributed by atoms with Crippen LogP contribution in [0.5, 0.6) is 0 Å². The van der Waals surface area contributed by atoms with Crippen LogP contribution in [0, 0.1) is 6.92 Å². The van der Waals surface area contributed by atoms with Crippen LogP contribution in [-0.4, -0.2) is 39.7 Å². The van der Waals surface area contributed by atoms with E-state index in [1.54, 1.807) is 0 Å². The summed E-state index contributed by atoms with van der Waals surface area (Å²) in [7, 11) is 0.537. The van der Waals surface area contributed by atoms with E-state index in [-0.39, 0.29) is 5.75 Å². The summed E-state index contributed by atoms with van der Waals surface area (Å²) in [6.07, 6.45) is 0. The number of aryl methyl sites for hydroxylation is 1. The van der Waals surface area contributed by atoms with E-state index in [0.29, 0.717) is 13.1 Å². The van der Waals surface area contributed by atoms with E-state index < -0.39 is 10.0 Å².